The van der Waals surface area contributed by atoms with Crippen LogP contribution in [0.25, 0.3) is 6.08 Å². The van der Waals surface area contributed by atoms with Crippen LogP contribution in [0.2, 0.25) is 0 Å². The van der Waals surface area contributed by atoms with Crippen molar-refractivity contribution in [2.75, 3.05) is 39.3 Å². The molecule has 1 aromatic carbocycles. The zero-order valence-electron chi connectivity index (χ0n) is 13.6. The minimum absolute atomic E-state index is 0.0488. The van der Waals surface area contributed by atoms with Gasteiger partial charge in [-0.15, -0.1) is 0 Å². The molecule has 2 aliphatic rings. The first-order valence-corrected chi connectivity index (χ1v) is 8.17. The van der Waals surface area contributed by atoms with Gasteiger partial charge in [0.1, 0.15) is 18.4 Å². The van der Waals surface area contributed by atoms with Gasteiger partial charge >= 0.3 is 6.18 Å². The van der Waals surface area contributed by atoms with Crippen molar-refractivity contribution in [1.29, 1.82) is 0 Å². The number of hydrogen-bond donors (Lipinski definition) is 2. The van der Waals surface area contributed by atoms with Crippen LogP contribution >= 0.6 is 0 Å². The second kappa shape index (κ2) is 7.45. The number of amides is 1. The third-order valence-electron chi connectivity index (χ3n) is 4.35. The second-order valence-corrected chi connectivity index (χ2v) is 6.05. The Balaban J connectivity index is 1.65. The van der Waals surface area contributed by atoms with Gasteiger partial charge in [-0.1, -0.05) is 18.2 Å². The van der Waals surface area contributed by atoms with Gasteiger partial charge in [-0.3, -0.25) is 9.69 Å². The van der Waals surface area contributed by atoms with E-state index in [0.717, 1.165) is 5.56 Å². The van der Waals surface area contributed by atoms with Crippen LogP contribution in [-0.4, -0.2) is 62.4 Å². The minimum Gasteiger partial charge on any atom is -0.488 e. The van der Waals surface area contributed by atoms with Crippen molar-refractivity contribution in [2.24, 2.45) is 0 Å². The predicted molar refractivity (Wildman–Crippen MR) is 87.2 cm³/mol. The number of nitrogens with zero attached hydrogens (tertiary/aromatic N) is 1. The van der Waals surface area contributed by atoms with Crippen LogP contribution in [0.4, 0.5) is 13.2 Å². The highest BCUT2D eigenvalue weighted by molar-refractivity contribution is 5.99. The summed E-state index contributed by atoms with van der Waals surface area (Å²) in [4.78, 5) is 13.6. The second-order valence-electron chi connectivity index (χ2n) is 6.05. The van der Waals surface area contributed by atoms with E-state index in [1.807, 2.05) is 12.1 Å². The number of para-hydroxylation sites is 1. The van der Waals surface area contributed by atoms with Gasteiger partial charge in [-0.05, 0) is 12.1 Å². The molecular weight excluding hydrogens is 335 g/mol. The van der Waals surface area contributed by atoms with Gasteiger partial charge < -0.3 is 15.4 Å². The Morgan fingerprint density at radius 1 is 1.28 bits per heavy atom. The van der Waals surface area contributed by atoms with Crippen molar-refractivity contribution in [1.82, 2.24) is 15.5 Å². The molecule has 3 rings (SSSR count). The molecule has 1 unspecified atom stereocenters. The van der Waals surface area contributed by atoms with Crippen molar-refractivity contribution in [3.63, 3.8) is 0 Å². The summed E-state index contributed by atoms with van der Waals surface area (Å²) in [5, 5.41) is 5.44. The van der Waals surface area contributed by atoms with Crippen molar-refractivity contribution in [2.45, 2.75) is 12.2 Å². The molecule has 1 aromatic rings. The Bertz CT molecular complexity index is 655. The molecule has 1 fully saturated rings. The standard InChI is InChI=1S/C17H20F3N3O2/c18-17(19,20)15(23-7-5-21-6-8-23)10-22-16(24)13-9-12-3-1-2-4-14(12)25-11-13/h1-4,9,15,21H,5-8,10-11H2,(H,22,24). The molecule has 1 saturated heterocycles. The van der Waals surface area contributed by atoms with Gasteiger partial charge in [-0.2, -0.15) is 13.2 Å². The van der Waals surface area contributed by atoms with E-state index in [0.29, 0.717) is 37.5 Å². The van der Waals surface area contributed by atoms with E-state index in [-0.39, 0.29) is 6.61 Å². The largest absolute Gasteiger partial charge is 0.488 e. The molecule has 0 spiro atoms. The maximum atomic E-state index is 13.3. The summed E-state index contributed by atoms with van der Waals surface area (Å²) in [5.41, 5.74) is 1.06. The zero-order chi connectivity index (χ0) is 17.9. The third kappa shape index (κ3) is 4.32. The summed E-state index contributed by atoms with van der Waals surface area (Å²) >= 11 is 0. The normalized spacial score (nSPS) is 19.4. The summed E-state index contributed by atoms with van der Waals surface area (Å²) < 4.78 is 45.5. The Hall–Kier alpha value is -2.06. The number of nitrogens with one attached hydrogen (secondary N) is 2. The highest BCUT2D eigenvalue weighted by Gasteiger charge is 2.43. The lowest BCUT2D eigenvalue weighted by Gasteiger charge is -2.36. The Kier molecular flexibility index (Phi) is 5.29. The van der Waals surface area contributed by atoms with E-state index < -0.39 is 24.7 Å². The number of rotatable bonds is 4. The molecule has 5 nitrogen and oxygen atoms in total. The molecule has 1 amide bonds. The fraction of sp³-hybridized carbons (Fsp3) is 0.471. The van der Waals surface area contributed by atoms with Gasteiger partial charge in [0.2, 0.25) is 0 Å². The molecule has 0 saturated carbocycles. The zero-order valence-corrected chi connectivity index (χ0v) is 13.6. The van der Waals surface area contributed by atoms with E-state index in [1.165, 1.54) is 4.90 Å². The van der Waals surface area contributed by atoms with E-state index in [1.54, 1.807) is 18.2 Å². The number of piperazine rings is 1. The van der Waals surface area contributed by atoms with E-state index in [4.69, 9.17) is 4.74 Å². The van der Waals surface area contributed by atoms with Gasteiger partial charge in [0, 0.05) is 38.3 Å². The fourth-order valence-corrected chi connectivity index (χ4v) is 3.00. The number of benzene rings is 1. The fourth-order valence-electron chi connectivity index (χ4n) is 3.00. The monoisotopic (exact) mass is 355 g/mol. The number of carbonyl (C=O) groups is 1. The van der Waals surface area contributed by atoms with Gasteiger partial charge in [0.25, 0.3) is 5.91 Å². The highest BCUT2D eigenvalue weighted by atomic mass is 19.4. The first kappa shape index (κ1) is 17.8. The quantitative estimate of drug-likeness (QED) is 0.858. The van der Waals surface area contributed by atoms with Gasteiger partial charge in [0.05, 0.1) is 5.57 Å². The van der Waals surface area contributed by atoms with Crippen LogP contribution in [0.15, 0.2) is 29.8 Å². The summed E-state index contributed by atoms with van der Waals surface area (Å²) in [6, 6.07) is 5.52. The van der Waals surface area contributed by atoms with Crippen LogP contribution in [-0.2, 0) is 4.79 Å². The van der Waals surface area contributed by atoms with Gasteiger partial charge in [0.15, 0.2) is 0 Å². The molecule has 25 heavy (non-hydrogen) atoms. The lowest BCUT2D eigenvalue weighted by atomic mass is 10.1. The molecule has 0 aromatic heterocycles. The lowest BCUT2D eigenvalue weighted by molar-refractivity contribution is -0.183. The minimum atomic E-state index is -4.39. The molecule has 8 heteroatoms. The molecule has 0 aliphatic carbocycles. The number of ether oxygens (including phenoxy) is 1. The predicted octanol–water partition coefficient (Wildman–Crippen LogP) is 1.41. The topological polar surface area (TPSA) is 53.6 Å². The van der Waals surface area contributed by atoms with Crippen molar-refractivity contribution >= 4 is 12.0 Å². The van der Waals surface area contributed by atoms with E-state index >= 15 is 0 Å². The summed E-state index contributed by atoms with van der Waals surface area (Å²) in [6.07, 6.45) is -2.74. The van der Waals surface area contributed by atoms with Crippen LogP contribution in [0, 0.1) is 0 Å². The smallest absolute Gasteiger partial charge is 0.405 e. The number of carbonyl (C=O) groups excluding carboxylic acids is 1. The summed E-state index contributed by atoms with van der Waals surface area (Å²) in [7, 11) is 0. The molecule has 2 heterocycles. The maximum absolute atomic E-state index is 13.3. The number of fused-ring (bicyclic) bond motifs is 1. The summed E-state index contributed by atoms with van der Waals surface area (Å²) in [5.74, 6) is 0.131. The Morgan fingerprint density at radius 2 is 2.00 bits per heavy atom. The number of hydrogen-bond acceptors (Lipinski definition) is 4. The number of halogens is 3. The van der Waals surface area contributed by atoms with Crippen LogP contribution in [0.3, 0.4) is 0 Å². The van der Waals surface area contributed by atoms with E-state index in [2.05, 4.69) is 10.6 Å². The lowest BCUT2D eigenvalue weighted by Crippen LogP contribution is -2.57. The maximum Gasteiger partial charge on any atom is 0.405 e. The average molecular weight is 355 g/mol. The molecule has 136 valence electrons. The van der Waals surface area contributed by atoms with Crippen LogP contribution in [0.5, 0.6) is 5.75 Å². The van der Waals surface area contributed by atoms with Crippen molar-refractivity contribution in [3.05, 3.63) is 35.4 Å². The Morgan fingerprint density at radius 3 is 2.72 bits per heavy atom. The molecule has 1 atom stereocenters. The third-order valence-corrected chi connectivity index (χ3v) is 4.35. The molecule has 0 radical (unpaired) electrons. The molecular formula is C17H20F3N3O2. The van der Waals surface area contributed by atoms with Crippen molar-refractivity contribution in [3.8, 4) is 5.75 Å². The Labute approximate surface area is 143 Å². The first-order valence-electron chi connectivity index (χ1n) is 8.17. The van der Waals surface area contributed by atoms with Crippen LogP contribution in [0.1, 0.15) is 5.56 Å². The van der Waals surface area contributed by atoms with E-state index in [9.17, 15) is 18.0 Å². The molecule has 2 aliphatic heterocycles. The van der Waals surface area contributed by atoms with Gasteiger partial charge in [-0.25, -0.2) is 0 Å². The molecule has 2 N–H and O–H groups in total. The summed E-state index contributed by atoms with van der Waals surface area (Å²) in [6.45, 7) is 1.21. The highest BCUT2D eigenvalue weighted by Crippen LogP contribution is 2.27. The SMILES string of the molecule is O=C(NCC(N1CCNCC1)C(F)(F)F)C1=Cc2ccccc2OC1. The molecule has 0 bridgehead atoms. The number of alkyl halides is 3. The first-order chi connectivity index (χ1) is 11.9. The van der Waals surface area contributed by atoms with Crippen molar-refractivity contribution < 1.29 is 22.7 Å². The average Bonchev–Trinajstić information content (AvgIpc) is 2.61. The van der Waals surface area contributed by atoms with Crippen LogP contribution < -0.4 is 15.4 Å².